The number of nitrogens with zero attached hydrogens (tertiary/aromatic N) is 3. The Morgan fingerprint density at radius 3 is 2.26 bits per heavy atom. The van der Waals surface area contributed by atoms with Crippen LogP contribution in [0.15, 0.2) is 82.8 Å². The van der Waals surface area contributed by atoms with Crippen molar-refractivity contribution in [2.45, 2.75) is 83.0 Å². The van der Waals surface area contributed by atoms with Gasteiger partial charge in [-0.05, 0) is 91.3 Å². The van der Waals surface area contributed by atoms with Gasteiger partial charge in [-0.2, -0.15) is 5.01 Å². The zero-order valence-electron chi connectivity index (χ0n) is 30.4. The number of carbonyl (C=O) groups excluding carboxylic acids is 3. The summed E-state index contributed by atoms with van der Waals surface area (Å²) in [4.78, 5) is 43.5. The van der Waals surface area contributed by atoms with Crippen LogP contribution in [0.4, 0.5) is 17.1 Å². The fraction of sp³-hybridized carbons (Fsp3) is 0.300. The SMILES string of the molecule is CCC(Oc1ccc(C(C)(C)CC)cc1C)C(=O)Nc1ccccc1SC1C(=O)N(c2c(Cl)cc(Cl)cc2Cl)N=C1N(C(C)=O)c1cc(C)ccc1Cl. The minimum absolute atomic E-state index is 0.00952. The van der Waals surface area contributed by atoms with Crippen LogP contribution < -0.4 is 20.0 Å². The number of nitrogens with one attached hydrogen (secondary N) is 1. The number of amides is 3. The first kappa shape index (κ1) is 40.5. The predicted octanol–water partition coefficient (Wildman–Crippen LogP) is 11.3. The molecule has 0 aliphatic carbocycles. The molecule has 1 aliphatic rings. The summed E-state index contributed by atoms with van der Waals surface area (Å²) in [7, 11) is 0. The molecule has 0 spiro atoms. The van der Waals surface area contributed by atoms with Crippen LogP contribution in [0.3, 0.4) is 0 Å². The highest BCUT2D eigenvalue weighted by atomic mass is 35.5. The van der Waals surface area contributed by atoms with Gasteiger partial charge in [0.25, 0.3) is 11.8 Å². The van der Waals surface area contributed by atoms with E-state index in [0.29, 0.717) is 28.4 Å². The van der Waals surface area contributed by atoms with E-state index in [0.717, 1.165) is 34.3 Å². The topological polar surface area (TPSA) is 91.3 Å². The molecule has 0 aromatic heterocycles. The Balaban J connectivity index is 1.49. The summed E-state index contributed by atoms with van der Waals surface area (Å²) in [5.74, 6) is -0.629. The molecule has 1 heterocycles. The molecule has 3 amide bonds. The lowest BCUT2D eigenvalue weighted by Crippen LogP contribution is -2.42. The van der Waals surface area contributed by atoms with E-state index in [-0.39, 0.29) is 42.9 Å². The minimum atomic E-state index is -1.11. The molecule has 13 heteroatoms. The number of hydrazone groups is 1. The van der Waals surface area contributed by atoms with Crippen molar-refractivity contribution in [3.05, 3.63) is 110 Å². The molecule has 53 heavy (non-hydrogen) atoms. The highest BCUT2D eigenvalue weighted by Crippen LogP contribution is 2.43. The summed E-state index contributed by atoms with van der Waals surface area (Å²) in [6, 6.07) is 21.3. The Kier molecular flexibility index (Phi) is 12.8. The van der Waals surface area contributed by atoms with E-state index >= 15 is 0 Å². The fourth-order valence-electron chi connectivity index (χ4n) is 5.73. The number of hydrogen-bond acceptors (Lipinski definition) is 6. The lowest BCUT2D eigenvalue weighted by molar-refractivity contribution is -0.123. The van der Waals surface area contributed by atoms with Gasteiger partial charge in [0, 0.05) is 16.8 Å². The first-order valence-electron chi connectivity index (χ1n) is 17.0. The number of carbonyl (C=O) groups is 3. The van der Waals surface area contributed by atoms with E-state index < -0.39 is 23.2 Å². The standard InChI is InChI=1S/C40H40Cl4N4O4S/c1-8-32(52-33-17-15-25(19-23(33)4)40(6,7)9-2)38(50)45-30-12-10-11-13-34(30)53-36-37(47(24(5)49)31-18-22(3)14-16-27(31)42)46-48(39(36)51)35-28(43)20-26(41)21-29(35)44/h10-21,32,36H,8-9H2,1-7H3,(H,45,50). The maximum absolute atomic E-state index is 14.4. The maximum atomic E-state index is 14.4. The summed E-state index contributed by atoms with van der Waals surface area (Å²) in [6.45, 7) is 13.6. The highest BCUT2D eigenvalue weighted by molar-refractivity contribution is 8.01. The monoisotopic (exact) mass is 812 g/mol. The smallest absolute Gasteiger partial charge is 0.268 e. The van der Waals surface area contributed by atoms with Crippen molar-refractivity contribution in [1.82, 2.24) is 0 Å². The van der Waals surface area contributed by atoms with Crippen molar-refractivity contribution >= 4 is 98.8 Å². The van der Waals surface area contributed by atoms with Crippen molar-refractivity contribution in [2.75, 3.05) is 15.2 Å². The minimum Gasteiger partial charge on any atom is -0.480 e. The molecule has 5 rings (SSSR count). The van der Waals surface area contributed by atoms with Gasteiger partial charge < -0.3 is 10.1 Å². The normalized spacial score (nSPS) is 14.9. The third-order valence-corrected chi connectivity index (χ3v) is 11.5. The van der Waals surface area contributed by atoms with Gasteiger partial charge in [0.15, 0.2) is 17.2 Å². The molecule has 0 saturated carbocycles. The van der Waals surface area contributed by atoms with Crippen LogP contribution >= 0.6 is 58.2 Å². The van der Waals surface area contributed by atoms with Gasteiger partial charge in [0.1, 0.15) is 11.4 Å². The van der Waals surface area contributed by atoms with Gasteiger partial charge in [0.2, 0.25) is 5.91 Å². The average Bonchev–Trinajstić information content (AvgIpc) is 3.39. The third kappa shape index (κ3) is 8.82. The summed E-state index contributed by atoms with van der Waals surface area (Å²) in [5, 5.41) is 8.36. The summed E-state index contributed by atoms with van der Waals surface area (Å²) < 4.78 is 6.27. The Hall–Kier alpha value is -3.73. The first-order valence-corrected chi connectivity index (χ1v) is 19.4. The molecule has 1 aliphatic heterocycles. The van der Waals surface area contributed by atoms with Gasteiger partial charge >= 0.3 is 0 Å². The summed E-state index contributed by atoms with van der Waals surface area (Å²) in [6.07, 6.45) is 0.587. The number of aryl methyl sites for hydroxylation is 2. The molecule has 4 aromatic carbocycles. The number of anilines is 3. The fourth-order valence-corrected chi connectivity index (χ4v) is 8.03. The molecule has 0 fully saturated rings. The quantitative estimate of drug-likeness (QED) is 0.163. The molecule has 0 saturated heterocycles. The number of amidine groups is 1. The zero-order chi connectivity index (χ0) is 38.8. The van der Waals surface area contributed by atoms with Gasteiger partial charge in [-0.1, -0.05) is 104 Å². The number of benzene rings is 4. The van der Waals surface area contributed by atoms with Crippen molar-refractivity contribution in [3.63, 3.8) is 0 Å². The average molecular weight is 815 g/mol. The van der Waals surface area contributed by atoms with Crippen LogP contribution in [0, 0.1) is 13.8 Å². The van der Waals surface area contributed by atoms with E-state index in [4.69, 9.17) is 51.1 Å². The van der Waals surface area contributed by atoms with Gasteiger partial charge in [-0.3, -0.25) is 19.3 Å². The predicted molar refractivity (Wildman–Crippen MR) is 220 cm³/mol. The molecule has 1 N–H and O–H groups in total. The van der Waals surface area contributed by atoms with Crippen molar-refractivity contribution < 1.29 is 19.1 Å². The number of para-hydroxylation sites is 1. The number of rotatable bonds is 11. The Morgan fingerprint density at radius 2 is 1.64 bits per heavy atom. The lowest BCUT2D eigenvalue weighted by Gasteiger charge is -2.26. The van der Waals surface area contributed by atoms with Crippen molar-refractivity contribution in [2.24, 2.45) is 5.10 Å². The second kappa shape index (κ2) is 16.7. The van der Waals surface area contributed by atoms with Crippen LogP contribution in [0.2, 0.25) is 20.1 Å². The largest absolute Gasteiger partial charge is 0.480 e. The number of ether oxygens (including phenoxy) is 1. The Bertz CT molecular complexity index is 2080. The van der Waals surface area contributed by atoms with Crippen LogP contribution in [0.1, 0.15) is 64.2 Å². The van der Waals surface area contributed by atoms with Crippen LogP contribution in [0.5, 0.6) is 5.75 Å². The lowest BCUT2D eigenvalue weighted by atomic mass is 9.81. The van der Waals surface area contributed by atoms with Crippen LogP contribution in [0.25, 0.3) is 0 Å². The molecular formula is C40H40Cl4N4O4S. The van der Waals surface area contributed by atoms with Crippen LogP contribution in [-0.2, 0) is 19.8 Å². The van der Waals surface area contributed by atoms with Gasteiger partial charge in [0.05, 0.1) is 26.4 Å². The number of thioether (sulfide) groups is 1. The first-order chi connectivity index (χ1) is 25.1. The van der Waals surface area contributed by atoms with E-state index in [1.165, 1.54) is 29.5 Å². The number of hydrogen-bond donors (Lipinski definition) is 1. The van der Waals surface area contributed by atoms with E-state index in [1.807, 2.05) is 39.0 Å². The molecule has 278 valence electrons. The zero-order valence-corrected chi connectivity index (χ0v) is 34.2. The Morgan fingerprint density at radius 1 is 0.962 bits per heavy atom. The Labute approximate surface area is 334 Å². The second-order valence-electron chi connectivity index (χ2n) is 13.4. The number of halogens is 4. The molecular weight excluding hydrogens is 774 g/mol. The van der Waals surface area contributed by atoms with E-state index in [1.54, 1.807) is 36.4 Å². The van der Waals surface area contributed by atoms with E-state index in [9.17, 15) is 14.4 Å². The third-order valence-electron chi connectivity index (χ3n) is 9.11. The molecule has 0 radical (unpaired) electrons. The van der Waals surface area contributed by atoms with E-state index in [2.05, 4.69) is 37.3 Å². The second-order valence-corrected chi connectivity index (χ2v) is 16.2. The van der Waals surface area contributed by atoms with Crippen LogP contribution in [-0.4, -0.2) is 34.9 Å². The molecule has 0 bridgehead atoms. The summed E-state index contributed by atoms with van der Waals surface area (Å²) >= 11 is 27.1. The van der Waals surface area contributed by atoms with Crippen molar-refractivity contribution in [3.8, 4) is 5.75 Å². The van der Waals surface area contributed by atoms with Gasteiger partial charge in [-0.15, -0.1) is 16.9 Å². The highest BCUT2D eigenvalue weighted by Gasteiger charge is 2.44. The maximum Gasteiger partial charge on any atom is 0.268 e. The van der Waals surface area contributed by atoms with Gasteiger partial charge in [-0.25, -0.2) is 0 Å². The molecule has 8 nitrogen and oxygen atoms in total. The van der Waals surface area contributed by atoms with Crippen molar-refractivity contribution in [1.29, 1.82) is 0 Å². The molecule has 2 unspecified atom stereocenters. The molecule has 4 aromatic rings. The summed E-state index contributed by atoms with van der Waals surface area (Å²) in [5.41, 5.74) is 3.87. The molecule has 2 atom stereocenters.